The van der Waals surface area contributed by atoms with Crippen molar-refractivity contribution in [3.63, 3.8) is 0 Å². The number of rotatable bonds is 3. The largest absolute Gasteiger partial charge is 0.496 e. The van der Waals surface area contributed by atoms with E-state index in [0.717, 1.165) is 14.9 Å². The molecule has 0 saturated carbocycles. The first-order chi connectivity index (χ1) is 6.69. The molecule has 0 unspecified atom stereocenters. The van der Waals surface area contributed by atoms with E-state index in [4.69, 9.17) is 15.7 Å². The molecule has 0 aliphatic heterocycles. The number of hydrogen-bond acceptors (Lipinski definition) is 3. The van der Waals surface area contributed by atoms with Crippen molar-refractivity contribution in [1.29, 1.82) is 5.26 Å². The molecule has 0 saturated heterocycles. The molecule has 4 heteroatoms. The van der Waals surface area contributed by atoms with Gasteiger partial charge in [-0.25, -0.2) is 0 Å². The second kappa shape index (κ2) is 5.17. The van der Waals surface area contributed by atoms with Gasteiger partial charge in [0, 0.05) is 6.04 Å². The van der Waals surface area contributed by atoms with Crippen molar-refractivity contribution < 1.29 is 4.74 Å². The molecule has 1 aromatic carbocycles. The van der Waals surface area contributed by atoms with Crippen LogP contribution in [0.3, 0.4) is 0 Å². The molecule has 2 N–H and O–H groups in total. The van der Waals surface area contributed by atoms with Crippen LogP contribution in [0.2, 0.25) is 0 Å². The van der Waals surface area contributed by atoms with Gasteiger partial charge in [0.1, 0.15) is 5.75 Å². The summed E-state index contributed by atoms with van der Waals surface area (Å²) in [5.74, 6) is 0.802. The van der Waals surface area contributed by atoms with Crippen LogP contribution in [0.4, 0.5) is 0 Å². The number of ether oxygens (including phenoxy) is 1. The van der Waals surface area contributed by atoms with Gasteiger partial charge in [0.2, 0.25) is 0 Å². The monoisotopic (exact) mass is 302 g/mol. The lowest BCUT2D eigenvalue weighted by Gasteiger charge is -2.10. The normalized spacial score (nSPS) is 11.9. The molecule has 1 atom stereocenters. The maximum absolute atomic E-state index is 8.52. The molecule has 74 valence electrons. The molecule has 3 nitrogen and oxygen atoms in total. The number of nitriles is 1. The number of benzene rings is 1. The van der Waals surface area contributed by atoms with Crippen LogP contribution in [0.25, 0.3) is 0 Å². The summed E-state index contributed by atoms with van der Waals surface area (Å²) in [5.41, 5.74) is 6.73. The lowest BCUT2D eigenvalue weighted by molar-refractivity contribution is 0.411. The summed E-state index contributed by atoms with van der Waals surface area (Å²) >= 11 is 2.19. The topological polar surface area (TPSA) is 59.0 Å². The van der Waals surface area contributed by atoms with Crippen LogP contribution in [0, 0.1) is 14.9 Å². The van der Waals surface area contributed by atoms with Crippen molar-refractivity contribution in [3.05, 3.63) is 27.3 Å². The Hall–Kier alpha value is -0.800. The van der Waals surface area contributed by atoms with E-state index in [-0.39, 0.29) is 6.04 Å². The molecule has 1 rings (SSSR count). The van der Waals surface area contributed by atoms with E-state index in [0.29, 0.717) is 6.42 Å². The summed E-state index contributed by atoms with van der Waals surface area (Å²) in [6, 6.07) is 7.56. The first kappa shape index (κ1) is 11.3. The minimum Gasteiger partial charge on any atom is -0.496 e. The Balaban J connectivity index is 2.95. The third-order valence-electron chi connectivity index (χ3n) is 1.91. The summed E-state index contributed by atoms with van der Waals surface area (Å²) in [6.07, 6.45) is 0.323. The number of hydrogen-bond donors (Lipinski definition) is 1. The highest BCUT2D eigenvalue weighted by Gasteiger charge is 2.08. The predicted octanol–water partition coefficient (Wildman–Crippen LogP) is 2.21. The van der Waals surface area contributed by atoms with E-state index in [1.54, 1.807) is 7.11 Å². The second-order valence-corrected chi connectivity index (χ2v) is 4.02. The number of nitrogens with zero attached hydrogens (tertiary/aromatic N) is 1. The minimum absolute atomic E-state index is 0.231. The van der Waals surface area contributed by atoms with Crippen LogP contribution in [0.5, 0.6) is 5.75 Å². The van der Waals surface area contributed by atoms with E-state index in [2.05, 4.69) is 28.7 Å². The molecule has 0 aliphatic carbocycles. The Morgan fingerprint density at radius 3 is 2.93 bits per heavy atom. The molecule has 0 radical (unpaired) electrons. The highest BCUT2D eigenvalue weighted by molar-refractivity contribution is 14.1. The van der Waals surface area contributed by atoms with E-state index in [1.165, 1.54) is 0 Å². The molecule has 0 aliphatic rings. The van der Waals surface area contributed by atoms with Gasteiger partial charge in [0.25, 0.3) is 0 Å². The summed E-state index contributed by atoms with van der Waals surface area (Å²) in [7, 11) is 1.62. The quantitative estimate of drug-likeness (QED) is 0.871. The van der Waals surface area contributed by atoms with Crippen molar-refractivity contribution in [2.45, 2.75) is 12.5 Å². The third-order valence-corrected chi connectivity index (χ3v) is 2.81. The predicted molar refractivity (Wildman–Crippen MR) is 62.9 cm³/mol. The van der Waals surface area contributed by atoms with Crippen LogP contribution >= 0.6 is 22.6 Å². The average molecular weight is 302 g/mol. The maximum Gasteiger partial charge on any atom is 0.132 e. The molecule has 0 bridgehead atoms. The minimum atomic E-state index is -0.231. The fourth-order valence-electron chi connectivity index (χ4n) is 1.12. The Morgan fingerprint density at radius 1 is 1.64 bits per heavy atom. The summed E-state index contributed by atoms with van der Waals surface area (Å²) in [6.45, 7) is 0. The van der Waals surface area contributed by atoms with E-state index < -0.39 is 0 Å². The van der Waals surface area contributed by atoms with Crippen LogP contribution in [0.15, 0.2) is 18.2 Å². The Bertz CT molecular complexity index is 360. The van der Waals surface area contributed by atoms with Crippen LogP contribution in [-0.4, -0.2) is 7.11 Å². The Morgan fingerprint density at radius 2 is 2.36 bits per heavy atom. The first-order valence-electron chi connectivity index (χ1n) is 4.15. The first-order valence-corrected chi connectivity index (χ1v) is 5.23. The van der Waals surface area contributed by atoms with Gasteiger partial charge in [0.15, 0.2) is 0 Å². The van der Waals surface area contributed by atoms with Crippen molar-refractivity contribution in [2.24, 2.45) is 5.73 Å². The zero-order chi connectivity index (χ0) is 10.6. The molecule has 0 fully saturated rings. The van der Waals surface area contributed by atoms with E-state index >= 15 is 0 Å². The number of halogens is 1. The number of methoxy groups -OCH3 is 1. The molecule has 14 heavy (non-hydrogen) atoms. The molecule has 0 heterocycles. The van der Waals surface area contributed by atoms with Gasteiger partial charge in [-0.05, 0) is 40.3 Å². The molecule has 0 amide bonds. The van der Waals surface area contributed by atoms with Gasteiger partial charge in [-0.1, -0.05) is 6.07 Å². The van der Waals surface area contributed by atoms with E-state index in [9.17, 15) is 0 Å². The summed E-state index contributed by atoms with van der Waals surface area (Å²) < 4.78 is 6.21. The van der Waals surface area contributed by atoms with Gasteiger partial charge in [-0.3, -0.25) is 0 Å². The van der Waals surface area contributed by atoms with Gasteiger partial charge >= 0.3 is 0 Å². The van der Waals surface area contributed by atoms with Gasteiger partial charge in [-0.2, -0.15) is 5.26 Å². The summed E-state index contributed by atoms with van der Waals surface area (Å²) in [5, 5.41) is 8.52. The van der Waals surface area contributed by atoms with Gasteiger partial charge in [-0.15, -0.1) is 0 Å². The second-order valence-electron chi connectivity index (χ2n) is 2.86. The highest BCUT2D eigenvalue weighted by Crippen LogP contribution is 2.25. The standard InChI is InChI=1S/C10H11IN2O/c1-14-10-6-7(2-3-8(10)11)9(13)4-5-12/h2-3,6,9H,4,13H2,1H3/t9-/m1/s1. The van der Waals surface area contributed by atoms with Gasteiger partial charge < -0.3 is 10.5 Å². The zero-order valence-electron chi connectivity index (χ0n) is 7.83. The zero-order valence-corrected chi connectivity index (χ0v) is 9.98. The Kier molecular flexibility index (Phi) is 4.17. The van der Waals surface area contributed by atoms with Crippen LogP contribution in [-0.2, 0) is 0 Å². The lowest BCUT2D eigenvalue weighted by Crippen LogP contribution is -2.09. The molecular formula is C10H11IN2O. The summed E-state index contributed by atoms with van der Waals surface area (Å²) in [4.78, 5) is 0. The van der Waals surface area contributed by atoms with Crippen LogP contribution in [0.1, 0.15) is 18.0 Å². The SMILES string of the molecule is COc1cc([C@H](N)CC#N)ccc1I. The third kappa shape index (κ3) is 2.59. The molecule has 0 aromatic heterocycles. The molecule has 0 spiro atoms. The van der Waals surface area contributed by atoms with Crippen molar-refractivity contribution >= 4 is 22.6 Å². The average Bonchev–Trinajstić information content (AvgIpc) is 2.19. The highest BCUT2D eigenvalue weighted by atomic mass is 127. The molecular weight excluding hydrogens is 291 g/mol. The van der Waals surface area contributed by atoms with Crippen molar-refractivity contribution in [1.82, 2.24) is 0 Å². The molecule has 1 aromatic rings. The maximum atomic E-state index is 8.52. The number of nitrogens with two attached hydrogens (primary N) is 1. The van der Waals surface area contributed by atoms with Crippen molar-refractivity contribution in [3.8, 4) is 11.8 Å². The lowest BCUT2D eigenvalue weighted by atomic mass is 10.1. The fraction of sp³-hybridized carbons (Fsp3) is 0.300. The van der Waals surface area contributed by atoms with E-state index in [1.807, 2.05) is 18.2 Å². The Labute approximate surface area is 97.0 Å². The van der Waals surface area contributed by atoms with Gasteiger partial charge in [0.05, 0.1) is 23.2 Å². The fourth-order valence-corrected chi connectivity index (χ4v) is 1.68. The van der Waals surface area contributed by atoms with Crippen molar-refractivity contribution in [2.75, 3.05) is 7.11 Å². The smallest absolute Gasteiger partial charge is 0.132 e. The van der Waals surface area contributed by atoms with Crippen LogP contribution < -0.4 is 10.5 Å².